The largest absolute Gasteiger partial charge is 0.394 e. The SMILES string of the molecule is CCCCCC/C=C/CC/C=C/C(O)C(CO)NC(=O)C(O)CCCCCCCC/C=C\CCCCCCCCCCCC. The summed E-state index contributed by atoms with van der Waals surface area (Å²) < 4.78 is 0. The number of hydrogen-bond donors (Lipinski definition) is 4. The Bertz CT molecular complexity index is 690. The van der Waals surface area contributed by atoms with Crippen LogP contribution >= 0.6 is 0 Å². The predicted octanol–water partition coefficient (Wildman–Crippen LogP) is 10.0. The van der Waals surface area contributed by atoms with E-state index in [-0.39, 0.29) is 6.61 Å². The molecule has 0 aliphatic rings. The van der Waals surface area contributed by atoms with Crippen LogP contribution in [-0.4, -0.2) is 46.1 Å². The lowest BCUT2D eigenvalue weighted by molar-refractivity contribution is -0.131. The van der Waals surface area contributed by atoms with E-state index < -0.39 is 24.2 Å². The Morgan fingerprint density at radius 1 is 0.545 bits per heavy atom. The van der Waals surface area contributed by atoms with Gasteiger partial charge in [0.25, 0.3) is 0 Å². The van der Waals surface area contributed by atoms with Crippen LogP contribution in [0.5, 0.6) is 0 Å². The summed E-state index contributed by atoms with van der Waals surface area (Å²) in [6, 6.07) is -0.813. The van der Waals surface area contributed by atoms with Crippen molar-refractivity contribution < 1.29 is 20.1 Å². The van der Waals surface area contributed by atoms with Crippen molar-refractivity contribution in [3.63, 3.8) is 0 Å². The molecule has 1 amide bonds. The Hall–Kier alpha value is -1.43. The monoisotopic (exact) mass is 620 g/mol. The highest BCUT2D eigenvalue weighted by molar-refractivity contribution is 5.80. The molecule has 0 radical (unpaired) electrons. The van der Waals surface area contributed by atoms with Crippen LogP contribution < -0.4 is 5.32 Å². The van der Waals surface area contributed by atoms with Crippen LogP contribution in [0.4, 0.5) is 0 Å². The van der Waals surface area contributed by atoms with Gasteiger partial charge in [-0.25, -0.2) is 0 Å². The highest BCUT2D eigenvalue weighted by Crippen LogP contribution is 2.13. The van der Waals surface area contributed by atoms with Gasteiger partial charge in [0, 0.05) is 0 Å². The molecule has 0 heterocycles. The highest BCUT2D eigenvalue weighted by Gasteiger charge is 2.22. The van der Waals surface area contributed by atoms with Crippen LogP contribution in [0.2, 0.25) is 0 Å². The normalized spacial score (nSPS) is 14.2. The molecule has 0 saturated carbocycles. The minimum atomic E-state index is -1.11. The number of hydrogen-bond acceptors (Lipinski definition) is 4. The second-order valence-electron chi connectivity index (χ2n) is 12.8. The Morgan fingerprint density at radius 3 is 1.41 bits per heavy atom. The Balaban J connectivity index is 3.72. The highest BCUT2D eigenvalue weighted by atomic mass is 16.3. The first-order chi connectivity index (χ1) is 21.6. The van der Waals surface area contributed by atoms with Gasteiger partial charge < -0.3 is 20.6 Å². The van der Waals surface area contributed by atoms with E-state index in [0.717, 1.165) is 38.5 Å². The summed E-state index contributed by atoms with van der Waals surface area (Å²) in [6.45, 7) is 4.11. The number of rotatable bonds is 33. The van der Waals surface area contributed by atoms with Gasteiger partial charge in [-0.3, -0.25) is 4.79 Å². The number of nitrogens with one attached hydrogen (secondary N) is 1. The molecule has 5 heteroatoms. The zero-order valence-electron chi connectivity index (χ0n) is 29.0. The van der Waals surface area contributed by atoms with Crippen molar-refractivity contribution in [2.24, 2.45) is 0 Å². The molecule has 0 rings (SSSR count). The molecule has 258 valence electrons. The van der Waals surface area contributed by atoms with Crippen molar-refractivity contribution in [2.45, 2.75) is 199 Å². The molecule has 3 atom stereocenters. The number of amides is 1. The molecule has 5 nitrogen and oxygen atoms in total. The number of allylic oxidation sites excluding steroid dienone is 5. The van der Waals surface area contributed by atoms with Gasteiger partial charge in [0.15, 0.2) is 0 Å². The Kier molecular flexibility index (Phi) is 33.3. The van der Waals surface area contributed by atoms with E-state index in [1.54, 1.807) is 6.08 Å². The first kappa shape index (κ1) is 42.6. The molecule has 3 unspecified atom stereocenters. The summed E-state index contributed by atoms with van der Waals surface area (Å²) in [7, 11) is 0. The van der Waals surface area contributed by atoms with Crippen molar-refractivity contribution >= 4 is 5.91 Å². The van der Waals surface area contributed by atoms with E-state index in [0.29, 0.717) is 6.42 Å². The lowest BCUT2D eigenvalue weighted by atomic mass is 10.0. The maximum atomic E-state index is 12.4. The zero-order chi connectivity index (χ0) is 32.4. The molecule has 44 heavy (non-hydrogen) atoms. The van der Waals surface area contributed by atoms with Crippen LogP contribution in [0.15, 0.2) is 36.5 Å². The summed E-state index contributed by atoms with van der Waals surface area (Å²) in [4.78, 5) is 12.4. The Labute approximate surface area is 273 Å². The van der Waals surface area contributed by atoms with Gasteiger partial charge in [0.1, 0.15) is 6.10 Å². The first-order valence-corrected chi connectivity index (χ1v) is 18.8. The molecule has 0 spiro atoms. The summed E-state index contributed by atoms with van der Waals surface area (Å²) in [5.41, 5.74) is 0. The minimum absolute atomic E-state index is 0.379. The number of carbonyl (C=O) groups excluding carboxylic acids is 1. The third-order valence-electron chi connectivity index (χ3n) is 8.45. The molecular formula is C39H73NO4. The number of aliphatic hydroxyl groups excluding tert-OH is 3. The average Bonchev–Trinajstić information content (AvgIpc) is 3.03. The molecule has 0 aromatic rings. The molecule has 4 N–H and O–H groups in total. The van der Waals surface area contributed by atoms with Gasteiger partial charge in [-0.15, -0.1) is 0 Å². The van der Waals surface area contributed by atoms with Gasteiger partial charge in [0.2, 0.25) is 5.91 Å². The van der Waals surface area contributed by atoms with Gasteiger partial charge in [-0.05, 0) is 57.8 Å². The second kappa shape index (κ2) is 34.4. The summed E-state index contributed by atoms with van der Waals surface area (Å²) >= 11 is 0. The summed E-state index contributed by atoms with van der Waals surface area (Å²) in [5, 5.41) is 32.8. The lowest BCUT2D eigenvalue weighted by Gasteiger charge is -2.21. The summed E-state index contributed by atoms with van der Waals surface area (Å²) in [5.74, 6) is -0.521. The molecular weight excluding hydrogens is 546 g/mol. The van der Waals surface area contributed by atoms with Crippen molar-refractivity contribution in [2.75, 3.05) is 6.61 Å². The molecule has 0 fully saturated rings. The molecule has 0 aromatic carbocycles. The fraction of sp³-hybridized carbons (Fsp3) is 0.821. The maximum absolute atomic E-state index is 12.4. The zero-order valence-corrected chi connectivity index (χ0v) is 29.0. The Morgan fingerprint density at radius 2 is 0.932 bits per heavy atom. The second-order valence-corrected chi connectivity index (χ2v) is 12.8. The molecule has 0 aliphatic carbocycles. The van der Waals surface area contributed by atoms with Crippen molar-refractivity contribution in [3.8, 4) is 0 Å². The predicted molar refractivity (Wildman–Crippen MR) is 190 cm³/mol. The molecule has 0 aromatic heterocycles. The third kappa shape index (κ3) is 29.3. The van der Waals surface area contributed by atoms with Crippen LogP contribution in [0, 0.1) is 0 Å². The van der Waals surface area contributed by atoms with Crippen LogP contribution in [0.3, 0.4) is 0 Å². The molecule has 0 aliphatic heterocycles. The smallest absolute Gasteiger partial charge is 0.249 e. The number of unbranched alkanes of at least 4 members (excludes halogenated alkanes) is 21. The molecule has 0 bridgehead atoms. The van der Waals surface area contributed by atoms with Gasteiger partial charge in [-0.2, -0.15) is 0 Å². The fourth-order valence-electron chi connectivity index (χ4n) is 5.43. The van der Waals surface area contributed by atoms with Gasteiger partial charge in [-0.1, -0.05) is 159 Å². The number of aliphatic hydroxyl groups is 3. The van der Waals surface area contributed by atoms with E-state index >= 15 is 0 Å². The average molecular weight is 620 g/mol. The van der Waals surface area contributed by atoms with Crippen molar-refractivity contribution in [1.82, 2.24) is 5.32 Å². The fourth-order valence-corrected chi connectivity index (χ4v) is 5.43. The van der Waals surface area contributed by atoms with E-state index in [1.807, 2.05) is 6.08 Å². The van der Waals surface area contributed by atoms with E-state index in [4.69, 9.17) is 0 Å². The number of carbonyl (C=O) groups is 1. The van der Waals surface area contributed by atoms with E-state index in [9.17, 15) is 20.1 Å². The third-order valence-corrected chi connectivity index (χ3v) is 8.45. The first-order valence-electron chi connectivity index (χ1n) is 18.8. The van der Waals surface area contributed by atoms with Gasteiger partial charge >= 0.3 is 0 Å². The standard InChI is InChI=1S/C39H73NO4/c1-3-5-7-9-11-13-15-16-17-18-19-20-21-22-23-24-26-28-30-32-34-38(43)39(44)40-36(35-41)37(42)33-31-29-27-25-14-12-10-8-6-4-2/h14,20-21,25,31,33,36-38,41-43H,3-13,15-19,22-24,26-30,32,34-35H2,1-2H3,(H,40,44)/b21-20-,25-14+,33-31+. The van der Waals surface area contributed by atoms with E-state index in [2.05, 4.69) is 43.5 Å². The van der Waals surface area contributed by atoms with Crippen LogP contribution in [-0.2, 0) is 4.79 Å². The maximum Gasteiger partial charge on any atom is 0.249 e. The van der Waals surface area contributed by atoms with Crippen molar-refractivity contribution in [1.29, 1.82) is 0 Å². The topological polar surface area (TPSA) is 89.8 Å². The summed E-state index contributed by atoms with van der Waals surface area (Å²) in [6.07, 6.45) is 41.7. The van der Waals surface area contributed by atoms with Gasteiger partial charge in [0.05, 0.1) is 18.8 Å². The minimum Gasteiger partial charge on any atom is -0.394 e. The van der Waals surface area contributed by atoms with Crippen LogP contribution in [0.1, 0.15) is 181 Å². The van der Waals surface area contributed by atoms with Crippen LogP contribution in [0.25, 0.3) is 0 Å². The lowest BCUT2D eigenvalue weighted by Crippen LogP contribution is -2.48. The quantitative estimate of drug-likeness (QED) is 0.0435. The van der Waals surface area contributed by atoms with E-state index in [1.165, 1.54) is 122 Å². The molecule has 0 saturated heterocycles. The van der Waals surface area contributed by atoms with Crippen molar-refractivity contribution in [3.05, 3.63) is 36.5 Å².